The number of aliphatic hydroxyl groups is 1. The van der Waals surface area contributed by atoms with Gasteiger partial charge in [-0.2, -0.15) is 0 Å². The van der Waals surface area contributed by atoms with Gasteiger partial charge in [0.05, 0.1) is 24.2 Å². The van der Waals surface area contributed by atoms with Crippen LogP contribution in [0.5, 0.6) is 0 Å². The molecular formula is C22H33N3O3S. The number of likely N-dealkylation sites (tertiary alicyclic amines) is 1. The van der Waals surface area contributed by atoms with Gasteiger partial charge in [0.2, 0.25) is 15.0 Å². The zero-order chi connectivity index (χ0) is 20.9. The SMILES string of the molecule is CC(C)CS(=O)(=O)c1ncc(CN2CCCC[C@@H]2CCO)n1Cc1ccccc1. The van der Waals surface area contributed by atoms with E-state index in [0.29, 0.717) is 19.1 Å². The van der Waals surface area contributed by atoms with Crippen LogP contribution in [0.1, 0.15) is 50.8 Å². The maximum absolute atomic E-state index is 13.0. The van der Waals surface area contributed by atoms with Crippen molar-refractivity contribution in [1.82, 2.24) is 14.5 Å². The van der Waals surface area contributed by atoms with Crippen LogP contribution < -0.4 is 0 Å². The summed E-state index contributed by atoms with van der Waals surface area (Å²) in [5.74, 6) is 0.135. The molecule has 6 nitrogen and oxygen atoms in total. The second-order valence-electron chi connectivity index (χ2n) is 8.41. The van der Waals surface area contributed by atoms with Crippen molar-refractivity contribution in [1.29, 1.82) is 0 Å². The van der Waals surface area contributed by atoms with Gasteiger partial charge in [0.25, 0.3) is 0 Å². The molecule has 0 unspecified atom stereocenters. The minimum atomic E-state index is -3.46. The monoisotopic (exact) mass is 419 g/mol. The van der Waals surface area contributed by atoms with Crippen LogP contribution in [0, 0.1) is 5.92 Å². The molecular weight excluding hydrogens is 386 g/mol. The van der Waals surface area contributed by atoms with Crippen molar-refractivity contribution in [3.63, 3.8) is 0 Å². The lowest BCUT2D eigenvalue weighted by Gasteiger charge is -2.35. The molecule has 29 heavy (non-hydrogen) atoms. The number of aromatic nitrogens is 2. The molecule has 1 aliphatic rings. The largest absolute Gasteiger partial charge is 0.396 e. The van der Waals surface area contributed by atoms with E-state index in [2.05, 4.69) is 9.88 Å². The highest BCUT2D eigenvalue weighted by Crippen LogP contribution is 2.24. The van der Waals surface area contributed by atoms with Crippen LogP contribution in [0.2, 0.25) is 0 Å². The van der Waals surface area contributed by atoms with Crippen LogP contribution in [0.4, 0.5) is 0 Å². The van der Waals surface area contributed by atoms with Crippen LogP contribution in [0.25, 0.3) is 0 Å². The Balaban J connectivity index is 1.93. The predicted octanol–water partition coefficient (Wildman–Crippen LogP) is 3.10. The minimum Gasteiger partial charge on any atom is -0.396 e. The van der Waals surface area contributed by atoms with Crippen LogP contribution in [0.15, 0.2) is 41.7 Å². The predicted molar refractivity (Wildman–Crippen MR) is 114 cm³/mol. The highest BCUT2D eigenvalue weighted by atomic mass is 32.2. The molecule has 1 aromatic carbocycles. The first kappa shape index (κ1) is 22.0. The van der Waals surface area contributed by atoms with E-state index < -0.39 is 9.84 Å². The normalized spacial score (nSPS) is 18.4. The Morgan fingerprint density at radius 2 is 1.93 bits per heavy atom. The molecule has 2 aromatic rings. The Bertz CT molecular complexity index is 876. The highest BCUT2D eigenvalue weighted by molar-refractivity contribution is 7.91. The molecule has 1 aromatic heterocycles. The second-order valence-corrected chi connectivity index (χ2v) is 10.3. The third-order valence-electron chi connectivity index (χ3n) is 5.49. The lowest BCUT2D eigenvalue weighted by Crippen LogP contribution is -2.40. The Morgan fingerprint density at radius 3 is 2.62 bits per heavy atom. The third kappa shape index (κ3) is 5.68. The number of hydrogen-bond acceptors (Lipinski definition) is 5. The molecule has 0 amide bonds. The molecule has 1 atom stereocenters. The zero-order valence-electron chi connectivity index (χ0n) is 17.5. The lowest BCUT2D eigenvalue weighted by molar-refractivity contribution is 0.110. The number of sulfone groups is 1. The fourth-order valence-corrected chi connectivity index (χ4v) is 5.92. The van der Waals surface area contributed by atoms with Gasteiger partial charge < -0.3 is 9.67 Å². The quantitative estimate of drug-likeness (QED) is 0.676. The molecule has 1 aliphatic heterocycles. The van der Waals surface area contributed by atoms with Gasteiger partial charge in [0.1, 0.15) is 0 Å². The van der Waals surface area contributed by atoms with Crippen molar-refractivity contribution in [3.05, 3.63) is 47.8 Å². The van der Waals surface area contributed by atoms with Gasteiger partial charge in [-0.25, -0.2) is 13.4 Å². The fraction of sp³-hybridized carbons (Fsp3) is 0.591. The van der Waals surface area contributed by atoms with Gasteiger partial charge in [0.15, 0.2) is 0 Å². The molecule has 0 aliphatic carbocycles. The number of benzene rings is 1. The van der Waals surface area contributed by atoms with E-state index in [1.54, 1.807) is 6.20 Å². The second kappa shape index (κ2) is 9.87. The van der Waals surface area contributed by atoms with Crippen molar-refractivity contribution in [2.24, 2.45) is 5.92 Å². The van der Waals surface area contributed by atoms with Crippen molar-refractivity contribution in [3.8, 4) is 0 Å². The Labute approximate surface area is 174 Å². The average Bonchev–Trinajstić information content (AvgIpc) is 3.07. The first-order valence-corrected chi connectivity index (χ1v) is 12.2. The summed E-state index contributed by atoms with van der Waals surface area (Å²) >= 11 is 0. The van der Waals surface area contributed by atoms with E-state index in [1.807, 2.05) is 48.7 Å². The molecule has 0 radical (unpaired) electrons. The van der Waals surface area contributed by atoms with Crippen LogP contribution in [-0.4, -0.2) is 52.9 Å². The van der Waals surface area contributed by atoms with Gasteiger partial charge in [-0.15, -0.1) is 0 Å². The number of piperidine rings is 1. The van der Waals surface area contributed by atoms with Gasteiger partial charge in [-0.05, 0) is 37.3 Å². The molecule has 2 heterocycles. The van der Waals surface area contributed by atoms with Gasteiger partial charge in [-0.1, -0.05) is 50.6 Å². The summed E-state index contributed by atoms with van der Waals surface area (Å²) < 4.78 is 27.9. The summed E-state index contributed by atoms with van der Waals surface area (Å²) in [6.45, 7) is 6.11. The van der Waals surface area contributed by atoms with Crippen molar-refractivity contribution in [2.75, 3.05) is 18.9 Å². The fourth-order valence-electron chi connectivity index (χ4n) is 4.17. The third-order valence-corrected chi connectivity index (χ3v) is 7.48. The Hall–Kier alpha value is -1.70. The molecule has 0 spiro atoms. The van der Waals surface area contributed by atoms with Crippen molar-refractivity contribution < 1.29 is 13.5 Å². The summed E-state index contributed by atoms with van der Waals surface area (Å²) in [5, 5.41) is 9.59. The van der Waals surface area contributed by atoms with Crippen LogP contribution in [-0.2, 0) is 22.9 Å². The number of imidazole rings is 1. The summed E-state index contributed by atoms with van der Waals surface area (Å²) in [7, 11) is -3.46. The van der Waals surface area contributed by atoms with Gasteiger partial charge in [0, 0.05) is 19.2 Å². The molecule has 0 saturated carbocycles. The Kier molecular flexibility index (Phi) is 7.49. The first-order chi connectivity index (χ1) is 13.9. The van der Waals surface area contributed by atoms with E-state index in [4.69, 9.17) is 0 Å². The molecule has 160 valence electrons. The first-order valence-electron chi connectivity index (χ1n) is 10.6. The van der Waals surface area contributed by atoms with E-state index >= 15 is 0 Å². The number of hydrogen-bond donors (Lipinski definition) is 1. The standard InChI is InChI=1S/C22H33N3O3S/c1-18(2)17-29(27,28)22-23-14-21(25(22)15-19-8-4-3-5-9-19)16-24-12-7-6-10-20(24)11-13-26/h3-5,8-9,14,18,20,26H,6-7,10-13,15-17H2,1-2H3/t20-/m1/s1. The molecule has 3 rings (SSSR count). The minimum absolute atomic E-state index is 0.0429. The van der Waals surface area contributed by atoms with Gasteiger partial charge in [-0.3, -0.25) is 4.90 Å². The van der Waals surface area contributed by atoms with Crippen molar-refractivity contribution >= 4 is 9.84 Å². The molecule has 1 fully saturated rings. The summed E-state index contributed by atoms with van der Waals surface area (Å²) in [4.78, 5) is 6.74. The van der Waals surface area contributed by atoms with E-state index in [9.17, 15) is 13.5 Å². The highest BCUT2D eigenvalue weighted by Gasteiger charge is 2.27. The summed E-state index contributed by atoms with van der Waals surface area (Å²) in [6.07, 6.45) is 5.86. The van der Waals surface area contributed by atoms with Gasteiger partial charge >= 0.3 is 0 Å². The van der Waals surface area contributed by atoms with Crippen LogP contribution in [0.3, 0.4) is 0 Å². The van der Waals surface area contributed by atoms with E-state index in [-0.39, 0.29) is 23.4 Å². The molecule has 7 heteroatoms. The zero-order valence-corrected chi connectivity index (χ0v) is 18.3. The van der Waals surface area contributed by atoms with Crippen molar-refractivity contribution in [2.45, 2.75) is 63.8 Å². The molecule has 1 N–H and O–H groups in total. The maximum atomic E-state index is 13.0. The Morgan fingerprint density at radius 1 is 1.17 bits per heavy atom. The molecule has 0 bridgehead atoms. The summed E-state index contributed by atoms with van der Waals surface area (Å²) in [6, 6.07) is 10.3. The number of rotatable bonds is 9. The number of nitrogens with zero attached hydrogens (tertiary/aromatic N) is 3. The van der Waals surface area contributed by atoms with Crippen LogP contribution >= 0.6 is 0 Å². The maximum Gasteiger partial charge on any atom is 0.228 e. The lowest BCUT2D eigenvalue weighted by atomic mass is 9.99. The summed E-state index contributed by atoms with van der Waals surface area (Å²) in [5.41, 5.74) is 1.97. The average molecular weight is 420 g/mol. The van der Waals surface area contributed by atoms with E-state index in [0.717, 1.165) is 37.1 Å². The number of aliphatic hydroxyl groups excluding tert-OH is 1. The topological polar surface area (TPSA) is 75.4 Å². The molecule has 1 saturated heterocycles. The van der Waals surface area contributed by atoms with E-state index in [1.165, 1.54) is 6.42 Å². The smallest absolute Gasteiger partial charge is 0.228 e.